The van der Waals surface area contributed by atoms with Crippen molar-refractivity contribution in [1.29, 1.82) is 0 Å². The van der Waals surface area contributed by atoms with Gasteiger partial charge in [-0.25, -0.2) is 9.78 Å². The number of carbonyl (C=O) groups is 1. The van der Waals surface area contributed by atoms with Crippen LogP contribution in [0.15, 0.2) is 51.1 Å². The van der Waals surface area contributed by atoms with Crippen LogP contribution in [0, 0.1) is 0 Å². The van der Waals surface area contributed by atoms with Crippen LogP contribution in [-0.4, -0.2) is 51.8 Å². The molecule has 0 N–H and O–H groups in total. The summed E-state index contributed by atoms with van der Waals surface area (Å²) in [5.41, 5.74) is 0.702. The van der Waals surface area contributed by atoms with Crippen LogP contribution in [0.2, 0.25) is 0 Å². The van der Waals surface area contributed by atoms with Gasteiger partial charge in [-0.1, -0.05) is 18.2 Å². The first-order valence-corrected chi connectivity index (χ1v) is 9.14. The topological polar surface area (TPSA) is 84.5 Å². The molecule has 1 amide bonds. The van der Waals surface area contributed by atoms with Crippen molar-refractivity contribution in [3.63, 3.8) is 0 Å². The first-order valence-electron chi connectivity index (χ1n) is 8.26. The van der Waals surface area contributed by atoms with Crippen LogP contribution in [0.3, 0.4) is 0 Å². The first-order chi connectivity index (χ1) is 12.7. The van der Waals surface area contributed by atoms with E-state index in [1.165, 1.54) is 0 Å². The molecule has 9 heteroatoms. The highest BCUT2D eigenvalue weighted by atomic mass is 32.1. The highest BCUT2D eigenvalue weighted by Gasteiger charge is 2.23. The summed E-state index contributed by atoms with van der Waals surface area (Å²) in [7, 11) is 0. The largest absolute Gasteiger partial charge is 0.437 e. The zero-order chi connectivity index (χ0) is 17.9. The van der Waals surface area contributed by atoms with Crippen molar-refractivity contribution >= 4 is 22.4 Å². The molecular weight excluding hydrogens is 354 g/mol. The summed E-state index contributed by atoms with van der Waals surface area (Å²) in [6, 6.07) is 9.14. The molecule has 0 atom stereocenters. The molecule has 0 saturated carbocycles. The van der Waals surface area contributed by atoms with Gasteiger partial charge in [0.15, 0.2) is 5.13 Å². The van der Waals surface area contributed by atoms with Crippen LogP contribution in [0.5, 0.6) is 0 Å². The van der Waals surface area contributed by atoms with Gasteiger partial charge in [0.25, 0.3) is 0 Å². The Bertz CT molecular complexity index is 927. The van der Waals surface area contributed by atoms with E-state index in [4.69, 9.17) is 4.42 Å². The molecule has 0 aliphatic carbocycles. The zero-order valence-electron chi connectivity index (χ0n) is 13.9. The summed E-state index contributed by atoms with van der Waals surface area (Å²) in [6.45, 7) is 2.52. The fourth-order valence-corrected chi connectivity index (χ4v) is 3.55. The fourth-order valence-electron chi connectivity index (χ4n) is 2.85. The van der Waals surface area contributed by atoms with E-state index in [2.05, 4.69) is 15.0 Å². The predicted molar refractivity (Wildman–Crippen MR) is 97.1 cm³/mol. The molecule has 8 nitrogen and oxygen atoms in total. The molecule has 0 unspecified atom stereocenters. The van der Waals surface area contributed by atoms with Crippen LogP contribution in [0.1, 0.15) is 0 Å². The van der Waals surface area contributed by atoms with Gasteiger partial charge in [-0.05, 0) is 12.1 Å². The molecule has 26 heavy (non-hydrogen) atoms. The summed E-state index contributed by atoms with van der Waals surface area (Å²) in [5, 5.41) is 7.05. The van der Waals surface area contributed by atoms with Crippen LogP contribution < -0.4 is 10.7 Å². The summed E-state index contributed by atoms with van der Waals surface area (Å²) in [4.78, 5) is 32.7. The summed E-state index contributed by atoms with van der Waals surface area (Å²) in [5.74, 6) is -0.547. The third-order valence-electron chi connectivity index (χ3n) is 4.23. The lowest BCUT2D eigenvalue weighted by Gasteiger charge is -2.34. The van der Waals surface area contributed by atoms with Crippen molar-refractivity contribution in [1.82, 2.24) is 19.7 Å². The third-order valence-corrected chi connectivity index (χ3v) is 5.07. The third kappa shape index (κ3) is 3.38. The van der Waals surface area contributed by atoms with Gasteiger partial charge in [0.2, 0.25) is 11.8 Å². The minimum atomic E-state index is -0.626. The van der Waals surface area contributed by atoms with Gasteiger partial charge in [0.1, 0.15) is 6.54 Å². The number of rotatable bonds is 4. The van der Waals surface area contributed by atoms with E-state index in [0.29, 0.717) is 18.7 Å². The molecule has 1 saturated heterocycles. The summed E-state index contributed by atoms with van der Waals surface area (Å²) in [6.07, 6.45) is 1.78. The average Bonchev–Trinajstić information content (AvgIpc) is 3.33. The molecule has 0 spiro atoms. The Morgan fingerprint density at radius 2 is 1.92 bits per heavy atom. The van der Waals surface area contributed by atoms with Gasteiger partial charge in [-0.3, -0.25) is 4.79 Å². The van der Waals surface area contributed by atoms with Crippen molar-refractivity contribution in [3.8, 4) is 11.5 Å². The standard InChI is InChI=1S/C17H17N5O3S/c23-14(20-7-9-21(10-8-20)16-18-6-11-26-16)12-22-17(24)25-15(19-22)13-4-2-1-3-5-13/h1-6,11H,7-10,12H2. The minimum absolute atomic E-state index is 0.119. The lowest BCUT2D eigenvalue weighted by Crippen LogP contribution is -2.50. The molecular formula is C17H17N5O3S. The highest BCUT2D eigenvalue weighted by molar-refractivity contribution is 7.13. The highest BCUT2D eigenvalue weighted by Crippen LogP contribution is 2.19. The number of carbonyl (C=O) groups excluding carboxylic acids is 1. The Balaban J connectivity index is 1.40. The molecule has 2 aromatic heterocycles. The number of anilines is 1. The van der Waals surface area contributed by atoms with Gasteiger partial charge >= 0.3 is 5.76 Å². The number of nitrogens with zero attached hydrogens (tertiary/aromatic N) is 5. The van der Waals surface area contributed by atoms with Gasteiger partial charge in [-0.15, -0.1) is 16.4 Å². The molecule has 1 aliphatic rings. The van der Waals surface area contributed by atoms with Crippen LogP contribution >= 0.6 is 11.3 Å². The number of piperazine rings is 1. The zero-order valence-corrected chi connectivity index (χ0v) is 14.8. The molecule has 4 rings (SSSR count). The number of benzene rings is 1. The second-order valence-electron chi connectivity index (χ2n) is 5.88. The summed E-state index contributed by atoms with van der Waals surface area (Å²) >= 11 is 1.59. The second kappa shape index (κ2) is 7.12. The maximum atomic E-state index is 12.5. The number of thiazole rings is 1. The van der Waals surface area contributed by atoms with Crippen molar-refractivity contribution in [2.24, 2.45) is 0 Å². The minimum Gasteiger partial charge on any atom is -0.388 e. The SMILES string of the molecule is O=C(Cn1nc(-c2ccccc2)oc1=O)N1CCN(c2nccs2)CC1. The number of aromatic nitrogens is 3. The molecule has 0 bridgehead atoms. The average molecular weight is 371 g/mol. The Kier molecular flexibility index (Phi) is 4.53. The van der Waals surface area contributed by atoms with E-state index < -0.39 is 5.76 Å². The number of hydrogen-bond acceptors (Lipinski definition) is 7. The van der Waals surface area contributed by atoms with Gasteiger partial charge in [0.05, 0.1) is 0 Å². The fraction of sp³-hybridized carbons (Fsp3) is 0.294. The van der Waals surface area contributed by atoms with Gasteiger partial charge in [0, 0.05) is 43.3 Å². The van der Waals surface area contributed by atoms with Crippen molar-refractivity contribution in [2.45, 2.75) is 6.54 Å². The lowest BCUT2D eigenvalue weighted by molar-refractivity contribution is -0.132. The Morgan fingerprint density at radius 3 is 2.62 bits per heavy atom. The van der Waals surface area contributed by atoms with E-state index in [1.54, 1.807) is 34.6 Å². The summed E-state index contributed by atoms with van der Waals surface area (Å²) < 4.78 is 6.25. The van der Waals surface area contributed by atoms with Crippen molar-refractivity contribution in [2.75, 3.05) is 31.1 Å². The molecule has 3 heterocycles. The van der Waals surface area contributed by atoms with E-state index in [-0.39, 0.29) is 18.3 Å². The molecule has 0 radical (unpaired) electrons. The van der Waals surface area contributed by atoms with Crippen LogP contribution in [0.4, 0.5) is 5.13 Å². The Hall–Kier alpha value is -2.94. The monoisotopic (exact) mass is 371 g/mol. The predicted octanol–water partition coefficient (Wildman–Crippen LogP) is 1.31. The van der Waals surface area contributed by atoms with E-state index in [0.717, 1.165) is 22.9 Å². The maximum Gasteiger partial charge on any atom is 0.437 e. The van der Waals surface area contributed by atoms with E-state index >= 15 is 0 Å². The quantitative estimate of drug-likeness (QED) is 0.687. The molecule has 3 aromatic rings. The van der Waals surface area contributed by atoms with E-state index in [9.17, 15) is 9.59 Å². The van der Waals surface area contributed by atoms with Crippen LogP contribution in [0.25, 0.3) is 11.5 Å². The Morgan fingerprint density at radius 1 is 1.15 bits per heavy atom. The first kappa shape index (κ1) is 16.5. The number of amides is 1. The molecule has 1 aromatic carbocycles. The van der Waals surface area contributed by atoms with Crippen molar-refractivity contribution in [3.05, 3.63) is 52.5 Å². The van der Waals surface area contributed by atoms with Gasteiger partial charge < -0.3 is 14.2 Å². The van der Waals surface area contributed by atoms with Crippen LogP contribution in [-0.2, 0) is 11.3 Å². The molecule has 134 valence electrons. The maximum absolute atomic E-state index is 12.5. The number of hydrogen-bond donors (Lipinski definition) is 0. The second-order valence-corrected chi connectivity index (χ2v) is 6.75. The smallest absolute Gasteiger partial charge is 0.388 e. The van der Waals surface area contributed by atoms with E-state index in [1.807, 2.05) is 23.6 Å². The lowest BCUT2D eigenvalue weighted by atomic mass is 10.2. The normalized spacial score (nSPS) is 14.6. The molecule has 1 aliphatic heterocycles. The molecule has 1 fully saturated rings. The van der Waals surface area contributed by atoms with Crippen molar-refractivity contribution < 1.29 is 9.21 Å². The Labute approximate surface area is 153 Å². The van der Waals surface area contributed by atoms with Gasteiger partial charge in [-0.2, -0.15) is 4.68 Å².